The number of carbonyl (C=O) groups is 1. The van der Waals surface area contributed by atoms with Gasteiger partial charge >= 0.3 is 5.97 Å². The largest absolute Gasteiger partial charge is 0.494 e. The summed E-state index contributed by atoms with van der Waals surface area (Å²) in [6, 6.07) is 12.1. The molecule has 140 valence electrons. The molecular formula is C21H20FNO3S. The number of hydrogen-bond donors (Lipinski definition) is 1. The third-order valence-corrected chi connectivity index (χ3v) is 6.19. The molecule has 0 amide bonds. The highest BCUT2D eigenvalue weighted by atomic mass is 32.1. The smallest absolute Gasteiger partial charge is 0.320 e. The summed E-state index contributed by atoms with van der Waals surface area (Å²) < 4.78 is 20.6. The highest BCUT2D eigenvalue weighted by Gasteiger charge is 2.37. The van der Waals surface area contributed by atoms with Crippen LogP contribution < -0.4 is 4.74 Å². The molecule has 4 rings (SSSR count). The lowest BCUT2D eigenvalue weighted by Crippen LogP contribution is -2.39. The van der Waals surface area contributed by atoms with Crippen LogP contribution in [0.4, 0.5) is 4.39 Å². The zero-order valence-electron chi connectivity index (χ0n) is 14.9. The van der Waals surface area contributed by atoms with Crippen LogP contribution in [0.1, 0.15) is 30.0 Å². The molecule has 2 heterocycles. The molecule has 0 saturated carbocycles. The van der Waals surface area contributed by atoms with E-state index in [0.717, 1.165) is 27.6 Å². The van der Waals surface area contributed by atoms with Crippen molar-refractivity contribution in [1.29, 1.82) is 0 Å². The number of thiophene rings is 1. The molecule has 0 bridgehead atoms. The van der Waals surface area contributed by atoms with E-state index in [2.05, 4.69) is 5.38 Å². The fourth-order valence-corrected chi connectivity index (χ4v) is 4.96. The highest BCUT2D eigenvalue weighted by Crippen LogP contribution is 2.41. The minimum absolute atomic E-state index is 0.184. The summed E-state index contributed by atoms with van der Waals surface area (Å²) >= 11 is 1.62. The van der Waals surface area contributed by atoms with Crippen LogP contribution in [0.25, 0.3) is 10.1 Å². The van der Waals surface area contributed by atoms with E-state index in [9.17, 15) is 14.3 Å². The zero-order valence-corrected chi connectivity index (χ0v) is 15.7. The van der Waals surface area contributed by atoms with Gasteiger partial charge in [0, 0.05) is 11.2 Å². The summed E-state index contributed by atoms with van der Waals surface area (Å²) in [5, 5.41) is 12.8. The molecule has 1 aliphatic heterocycles. The fraction of sp³-hybridized carbons (Fsp3) is 0.286. The van der Waals surface area contributed by atoms with Crippen LogP contribution in [0.3, 0.4) is 0 Å². The molecule has 1 aliphatic rings. The van der Waals surface area contributed by atoms with Crippen LogP contribution in [0, 0.1) is 5.82 Å². The summed E-state index contributed by atoms with van der Waals surface area (Å²) in [6.07, 6.45) is 1.42. The fourth-order valence-electron chi connectivity index (χ4n) is 3.98. The maximum atomic E-state index is 14.5. The van der Waals surface area contributed by atoms with Crippen LogP contribution >= 0.6 is 11.3 Å². The first kappa shape index (κ1) is 17.9. The van der Waals surface area contributed by atoms with Gasteiger partial charge in [0.2, 0.25) is 0 Å². The van der Waals surface area contributed by atoms with Gasteiger partial charge in [-0.05, 0) is 52.9 Å². The first-order valence-corrected chi connectivity index (χ1v) is 9.76. The number of hydrogen-bond acceptors (Lipinski definition) is 4. The van der Waals surface area contributed by atoms with Gasteiger partial charge in [-0.15, -0.1) is 11.3 Å². The van der Waals surface area contributed by atoms with Crippen molar-refractivity contribution >= 4 is 27.4 Å². The molecule has 3 aromatic rings. The molecule has 27 heavy (non-hydrogen) atoms. The van der Waals surface area contributed by atoms with Crippen molar-refractivity contribution in [2.24, 2.45) is 0 Å². The second kappa shape index (κ2) is 7.29. The van der Waals surface area contributed by atoms with Crippen molar-refractivity contribution in [3.05, 3.63) is 64.8 Å². The Morgan fingerprint density at radius 2 is 2.15 bits per heavy atom. The molecule has 1 aromatic heterocycles. The van der Waals surface area contributed by atoms with Crippen molar-refractivity contribution in [3.63, 3.8) is 0 Å². The molecule has 2 atom stereocenters. The Morgan fingerprint density at radius 1 is 1.33 bits per heavy atom. The van der Waals surface area contributed by atoms with E-state index in [-0.39, 0.29) is 11.8 Å². The number of carboxylic acids is 1. The number of methoxy groups -OCH3 is 1. The van der Waals surface area contributed by atoms with E-state index < -0.39 is 17.8 Å². The molecule has 0 radical (unpaired) electrons. The van der Waals surface area contributed by atoms with Crippen molar-refractivity contribution in [2.75, 3.05) is 13.7 Å². The number of fused-ring (bicyclic) bond motifs is 1. The Balaban J connectivity index is 1.87. The van der Waals surface area contributed by atoms with Crippen LogP contribution in [-0.4, -0.2) is 35.7 Å². The van der Waals surface area contributed by atoms with Gasteiger partial charge in [-0.2, -0.15) is 0 Å². The van der Waals surface area contributed by atoms with Crippen LogP contribution in [0.15, 0.2) is 47.8 Å². The van der Waals surface area contributed by atoms with Gasteiger partial charge in [-0.25, -0.2) is 4.39 Å². The number of benzene rings is 2. The lowest BCUT2D eigenvalue weighted by Gasteiger charge is -2.31. The Labute approximate surface area is 160 Å². The van der Waals surface area contributed by atoms with Crippen LogP contribution in [0.5, 0.6) is 5.75 Å². The summed E-state index contributed by atoms with van der Waals surface area (Å²) in [6.45, 7) is 0.666. The second-order valence-electron chi connectivity index (χ2n) is 6.72. The maximum absolute atomic E-state index is 14.5. The zero-order chi connectivity index (χ0) is 19.0. The second-order valence-corrected chi connectivity index (χ2v) is 7.63. The van der Waals surface area contributed by atoms with Gasteiger partial charge in [0.1, 0.15) is 6.04 Å². The van der Waals surface area contributed by atoms with Crippen molar-refractivity contribution in [1.82, 2.24) is 4.90 Å². The average Bonchev–Trinajstić information content (AvgIpc) is 3.30. The van der Waals surface area contributed by atoms with E-state index in [1.165, 1.54) is 13.2 Å². The minimum Gasteiger partial charge on any atom is -0.494 e. The number of carboxylic acid groups (broad SMARTS) is 1. The molecule has 2 aromatic carbocycles. The standard InChI is InChI=1S/C21H20FNO3S/c1-26-18-9-8-13(11-16(18)22)20(23-10-4-6-17(23)21(24)25)15-12-27-19-7-3-2-5-14(15)19/h2-3,5,7-9,11-12,17,20H,4,6,10H2,1H3,(H,24,25). The van der Waals surface area contributed by atoms with E-state index in [1.54, 1.807) is 17.4 Å². The number of nitrogens with zero attached hydrogens (tertiary/aromatic N) is 1. The number of likely N-dealkylation sites (tertiary alicyclic amines) is 1. The predicted octanol–water partition coefficient (Wildman–Crippen LogP) is 4.69. The quantitative estimate of drug-likeness (QED) is 0.692. The molecule has 4 nitrogen and oxygen atoms in total. The summed E-state index contributed by atoms with van der Waals surface area (Å²) in [5.41, 5.74) is 1.76. The lowest BCUT2D eigenvalue weighted by molar-refractivity contribution is -0.142. The first-order valence-electron chi connectivity index (χ1n) is 8.88. The summed E-state index contributed by atoms with van der Waals surface area (Å²) in [4.78, 5) is 13.8. The third kappa shape index (κ3) is 3.19. The van der Waals surface area contributed by atoms with Gasteiger partial charge in [0.05, 0.1) is 13.2 Å². The Morgan fingerprint density at radius 3 is 2.89 bits per heavy atom. The molecule has 1 saturated heterocycles. The van der Waals surface area contributed by atoms with Crippen molar-refractivity contribution in [3.8, 4) is 5.75 Å². The van der Waals surface area contributed by atoms with Gasteiger partial charge in [0.15, 0.2) is 11.6 Å². The van der Waals surface area contributed by atoms with E-state index in [4.69, 9.17) is 4.74 Å². The topological polar surface area (TPSA) is 49.8 Å². The van der Waals surface area contributed by atoms with Gasteiger partial charge < -0.3 is 9.84 Å². The molecule has 1 fully saturated rings. The monoisotopic (exact) mass is 385 g/mol. The SMILES string of the molecule is COc1ccc(C(c2csc3ccccc23)N2CCCC2C(=O)O)cc1F. The van der Waals surface area contributed by atoms with Gasteiger partial charge in [-0.3, -0.25) is 9.69 Å². The molecule has 0 aliphatic carbocycles. The van der Waals surface area contributed by atoms with Crippen LogP contribution in [0.2, 0.25) is 0 Å². The van der Waals surface area contributed by atoms with Crippen molar-refractivity contribution in [2.45, 2.75) is 24.9 Å². The summed E-state index contributed by atoms with van der Waals surface area (Å²) in [5.74, 6) is -1.08. The molecular weight excluding hydrogens is 365 g/mol. The highest BCUT2D eigenvalue weighted by molar-refractivity contribution is 7.17. The third-order valence-electron chi connectivity index (χ3n) is 5.21. The number of rotatable bonds is 5. The predicted molar refractivity (Wildman–Crippen MR) is 104 cm³/mol. The molecule has 2 unspecified atom stereocenters. The Hall–Kier alpha value is -2.44. The van der Waals surface area contributed by atoms with E-state index in [0.29, 0.717) is 13.0 Å². The molecule has 6 heteroatoms. The number of halogens is 1. The Kier molecular flexibility index (Phi) is 4.85. The van der Waals surface area contributed by atoms with Crippen molar-refractivity contribution < 1.29 is 19.0 Å². The van der Waals surface area contributed by atoms with Gasteiger partial charge in [0.25, 0.3) is 0 Å². The van der Waals surface area contributed by atoms with E-state index in [1.807, 2.05) is 35.2 Å². The Bertz CT molecular complexity index is 986. The maximum Gasteiger partial charge on any atom is 0.320 e. The van der Waals surface area contributed by atoms with E-state index >= 15 is 0 Å². The summed E-state index contributed by atoms with van der Waals surface area (Å²) in [7, 11) is 1.43. The van der Waals surface area contributed by atoms with Gasteiger partial charge in [-0.1, -0.05) is 24.3 Å². The molecule has 1 N–H and O–H groups in total. The number of aliphatic carboxylic acids is 1. The van der Waals surface area contributed by atoms with Crippen LogP contribution in [-0.2, 0) is 4.79 Å². The first-order chi connectivity index (χ1) is 13.1. The minimum atomic E-state index is -0.828. The molecule has 0 spiro atoms. The average molecular weight is 385 g/mol. The lowest BCUT2D eigenvalue weighted by atomic mass is 9.95. The number of ether oxygens (including phenoxy) is 1. The normalized spacial score (nSPS) is 18.7.